The third-order valence-electron chi connectivity index (χ3n) is 4.86. The van der Waals surface area contributed by atoms with Crippen LogP contribution in [0.1, 0.15) is 39.7 Å². The molecule has 0 aliphatic rings. The topological polar surface area (TPSA) is 89.5 Å². The van der Waals surface area contributed by atoms with Gasteiger partial charge in [-0.2, -0.15) is 0 Å². The summed E-state index contributed by atoms with van der Waals surface area (Å²) in [5.74, 6) is -1.38. The normalized spacial score (nSPS) is 13.8. The highest BCUT2D eigenvalue weighted by Gasteiger charge is 2.25. The lowest BCUT2D eigenvalue weighted by atomic mass is 9.93. The fourth-order valence-electron chi connectivity index (χ4n) is 3.37. The van der Waals surface area contributed by atoms with Crippen LogP contribution in [0.4, 0.5) is 4.79 Å². The first kappa shape index (κ1) is 25.6. The second-order valence-corrected chi connectivity index (χ2v) is 11.4. The Kier molecular flexibility index (Phi) is 8.61. The summed E-state index contributed by atoms with van der Waals surface area (Å²) >= 11 is 0. The van der Waals surface area contributed by atoms with Gasteiger partial charge in [0.2, 0.25) is 0 Å². The number of nitrogens with one attached hydrogen (secondary N) is 1. The lowest BCUT2D eigenvalue weighted by Gasteiger charge is -2.25. The zero-order valence-electron chi connectivity index (χ0n) is 19.4. The molecule has 0 fully saturated rings. The van der Waals surface area contributed by atoms with E-state index in [4.69, 9.17) is 4.74 Å². The van der Waals surface area contributed by atoms with Gasteiger partial charge in [0.15, 0.2) is 15.6 Å². The van der Waals surface area contributed by atoms with Gasteiger partial charge in [0.1, 0.15) is 11.4 Å². The molecule has 2 atom stereocenters. The van der Waals surface area contributed by atoms with Crippen LogP contribution in [0.15, 0.2) is 54.6 Å². The molecule has 0 aliphatic carbocycles. The number of benzene rings is 2. The predicted octanol–water partition coefficient (Wildman–Crippen LogP) is 4.43. The Bertz CT molecular complexity index is 1010. The molecule has 2 aromatic carbocycles. The number of sulfone groups is 1. The summed E-state index contributed by atoms with van der Waals surface area (Å²) in [7, 11) is -3.40. The van der Waals surface area contributed by atoms with Crippen molar-refractivity contribution < 1.29 is 22.7 Å². The van der Waals surface area contributed by atoms with E-state index >= 15 is 0 Å². The van der Waals surface area contributed by atoms with Crippen LogP contribution in [-0.2, 0) is 25.8 Å². The third-order valence-corrected chi connectivity index (χ3v) is 5.67. The number of carbonyl (C=O) groups excluding carboxylic acids is 2. The van der Waals surface area contributed by atoms with Crippen molar-refractivity contribution in [3.8, 4) is 11.1 Å². The highest BCUT2D eigenvalue weighted by atomic mass is 32.2. The molecule has 1 amide bonds. The lowest BCUT2D eigenvalue weighted by Crippen LogP contribution is -2.42. The molecule has 2 aromatic rings. The maximum Gasteiger partial charge on any atom is 0.407 e. The molecule has 32 heavy (non-hydrogen) atoms. The van der Waals surface area contributed by atoms with E-state index in [1.165, 1.54) is 0 Å². The van der Waals surface area contributed by atoms with Crippen molar-refractivity contribution in [3.63, 3.8) is 0 Å². The first-order valence-electron chi connectivity index (χ1n) is 10.7. The average Bonchev–Trinajstić information content (AvgIpc) is 2.66. The van der Waals surface area contributed by atoms with Gasteiger partial charge in [-0.25, -0.2) is 13.2 Å². The van der Waals surface area contributed by atoms with Crippen molar-refractivity contribution in [2.75, 3.05) is 12.0 Å². The predicted molar refractivity (Wildman–Crippen MR) is 127 cm³/mol. The Morgan fingerprint density at radius 2 is 1.53 bits per heavy atom. The molecular formula is C25H33NO5S. The number of ether oxygens (including phenoxy) is 1. The molecule has 2 rings (SSSR count). The molecule has 6 nitrogen and oxygen atoms in total. The first-order chi connectivity index (χ1) is 14.8. The van der Waals surface area contributed by atoms with Crippen molar-refractivity contribution in [2.24, 2.45) is 5.92 Å². The van der Waals surface area contributed by atoms with E-state index in [1.54, 1.807) is 27.7 Å². The minimum atomic E-state index is -3.40. The lowest BCUT2D eigenvalue weighted by molar-refractivity contribution is -0.120. The molecular weight excluding hydrogens is 426 g/mol. The van der Waals surface area contributed by atoms with Gasteiger partial charge in [-0.05, 0) is 50.3 Å². The quantitative estimate of drug-likeness (QED) is 0.599. The molecule has 1 N–H and O–H groups in total. The summed E-state index contributed by atoms with van der Waals surface area (Å²) in [6.07, 6.45) is 1.28. The molecule has 0 saturated heterocycles. The molecule has 174 valence electrons. The Morgan fingerprint density at radius 3 is 2.06 bits per heavy atom. The zero-order valence-corrected chi connectivity index (χ0v) is 20.2. The minimum absolute atomic E-state index is 0.314. The highest BCUT2D eigenvalue weighted by molar-refractivity contribution is 7.91. The number of carbonyl (C=O) groups is 2. The van der Waals surface area contributed by atoms with E-state index in [9.17, 15) is 18.0 Å². The van der Waals surface area contributed by atoms with Crippen LogP contribution in [0.25, 0.3) is 11.1 Å². The van der Waals surface area contributed by atoms with Gasteiger partial charge in [-0.3, -0.25) is 4.79 Å². The standard InChI is InChI=1S/C25H33NO5S/c1-18(23(27)17-32(5,29)30)15-22(26-24(28)31-25(2,3)4)16-19-11-13-21(14-12-19)20-9-7-6-8-10-20/h6-14,18,22H,15-17H2,1-5H3,(H,26,28)/t18-,22+/m1/s1. The number of hydrogen-bond donors (Lipinski definition) is 1. The highest BCUT2D eigenvalue weighted by Crippen LogP contribution is 2.21. The van der Waals surface area contributed by atoms with Gasteiger partial charge in [-0.15, -0.1) is 0 Å². The molecule has 0 aliphatic heterocycles. The number of ketones is 1. The zero-order chi connectivity index (χ0) is 23.9. The average molecular weight is 460 g/mol. The number of amides is 1. The third kappa shape index (κ3) is 9.22. The monoisotopic (exact) mass is 459 g/mol. The smallest absolute Gasteiger partial charge is 0.407 e. The molecule has 0 bridgehead atoms. The van der Waals surface area contributed by atoms with Gasteiger partial charge in [-0.1, -0.05) is 61.5 Å². The largest absolute Gasteiger partial charge is 0.444 e. The van der Waals surface area contributed by atoms with Crippen LogP contribution in [0, 0.1) is 5.92 Å². The first-order valence-corrected chi connectivity index (χ1v) is 12.7. The Hall–Kier alpha value is -2.67. The van der Waals surface area contributed by atoms with E-state index in [1.807, 2.05) is 54.6 Å². The summed E-state index contributed by atoms with van der Waals surface area (Å²) < 4.78 is 28.4. The van der Waals surface area contributed by atoms with E-state index in [2.05, 4.69) is 5.32 Å². The van der Waals surface area contributed by atoms with Crippen molar-refractivity contribution in [3.05, 3.63) is 60.2 Å². The summed E-state index contributed by atoms with van der Waals surface area (Å²) in [5, 5.41) is 2.85. The Balaban J connectivity index is 2.14. The number of alkyl carbamates (subject to hydrolysis) is 1. The van der Waals surface area contributed by atoms with Crippen LogP contribution in [-0.4, -0.2) is 43.9 Å². The van der Waals surface area contributed by atoms with Crippen LogP contribution >= 0.6 is 0 Å². The van der Waals surface area contributed by atoms with Crippen LogP contribution < -0.4 is 5.32 Å². The Labute approximate surface area is 191 Å². The molecule has 0 heterocycles. The van der Waals surface area contributed by atoms with Crippen LogP contribution in [0.5, 0.6) is 0 Å². The van der Waals surface area contributed by atoms with Gasteiger partial charge < -0.3 is 10.1 Å². The summed E-state index contributed by atoms with van der Waals surface area (Å²) in [6.45, 7) is 7.03. The van der Waals surface area contributed by atoms with Crippen LogP contribution in [0.3, 0.4) is 0 Å². The summed E-state index contributed by atoms with van der Waals surface area (Å²) in [4.78, 5) is 24.7. The SMILES string of the molecule is C[C@H](C[C@@H](Cc1ccc(-c2ccccc2)cc1)NC(=O)OC(C)(C)C)C(=O)CS(C)(=O)=O. The molecule has 0 unspecified atom stereocenters. The van der Waals surface area contributed by atoms with Crippen molar-refractivity contribution in [2.45, 2.75) is 52.2 Å². The van der Waals surface area contributed by atoms with Gasteiger partial charge in [0.25, 0.3) is 0 Å². The molecule has 0 radical (unpaired) electrons. The van der Waals surface area contributed by atoms with E-state index in [-0.39, 0.29) is 11.8 Å². The van der Waals surface area contributed by atoms with Gasteiger partial charge >= 0.3 is 6.09 Å². The van der Waals surface area contributed by atoms with Gasteiger partial charge in [0, 0.05) is 18.2 Å². The fraction of sp³-hybridized carbons (Fsp3) is 0.440. The molecule has 0 aromatic heterocycles. The summed E-state index contributed by atoms with van der Waals surface area (Å²) in [5.41, 5.74) is 2.54. The molecule has 0 spiro atoms. The molecule has 7 heteroatoms. The van der Waals surface area contributed by atoms with Crippen molar-refractivity contribution >= 4 is 21.7 Å². The number of hydrogen-bond acceptors (Lipinski definition) is 5. The van der Waals surface area contributed by atoms with E-state index < -0.39 is 33.2 Å². The fourth-order valence-corrected chi connectivity index (χ4v) is 4.18. The van der Waals surface area contributed by atoms with Crippen LogP contribution in [0.2, 0.25) is 0 Å². The second-order valence-electron chi connectivity index (χ2n) is 9.28. The molecule has 0 saturated carbocycles. The maximum absolute atomic E-state index is 12.4. The number of rotatable bonds is 9. The minimum Gasteiger partial charge on any atom is -0.444 e. The van der Waals surface area contributed by atoms with Crippen molar-refractivity contribution in [1.82, 2.24) is 5.32 Å². The van der Waals surface area contributed by atoms with E-state index in [0.29, 0.717) is 12.8 Å². The Morgan fingerprint density at radius 1 is 0.969 bits per heavy atom. The maximum atomic E-state index is 12.4. The van der Waals surface area contributed by atoms with Gasteiger partial charge in [0.05, 0.1) is 0 Å². The van der Waals surface area contributed by atoms with E-state index in [0.717, 1.165) is 22.9 Å². The summed E-state index contributed by atoms with van der Waals surface area (Å²) in [6, 6.07) is 17.7. The van der Waals surface area contributed by atoms with Crippen molar-refractivity contribution in [1.29, 1.82) is 0 Å². The second kappa shape index (κ2) is 10.8. The number of Topliss-reactive ketones (excluding diaryl/α,β-unsaturated/α-hetero) is 1.